The Labute approximate surface area is 113 Å². The summed E-state index contributed by atoms with van der Waals surface area (Å²) in [5.74, 6) is 6.68. The highest BCUT2D eigenvalue weighted by molar-refractivity contribution is 5.48. The van der Waals surface area contributed by atoms with E-state index in [-0.39, 0.29) is 0 Å². The van der Waals surface area contributed by atoms with Crippen LogP contribution in [0, 0.1) is 6.92 Å². The van der Waals surface area contributed by atoms with Gasteiger partial charge in [-0.1, -0.05) is 30.3 Å². The number of likely N-dealkylation sites (N-methyl/N-ethyl adjacent to an activating group) is 1. The third kappa shape index (κ3) is 3.42. The van der Waals surface area contributed by atoms with E-state index in [1.807, 2.05) is 20.0 Å². The summed E-state index contributed by atoms with van der Waals surface area (Å²) in [6.07, 6.45) is 2.75. The summed E-state index contributed by atoms with van der Waals surface area (Å²) in [5.41, 5.74) is 4.83. The fourth-order valence-corrected chi connectivity index (χ4v) is 1.94. The highest BCUT2D eigenvalue weighted by atomic mass is 15.3. The molecule has 100 valence electrons. The SMILES string of the molecule is Cc1cnc(NN)nc1N(C)CCc1ccccc1. The van der Waals surface area contributed by atoms with E-state index in [9.17, 15) is 0 Å². The number of nitrogens with zero attached hydrogens (tertiary/aromatic N) is 3. The highest BCUT2D eigenvalue weighted by Crippen LogP contribution is 2.16. The predicted octanol–water partition coefficient (Wildman–Crippen LogP) is 1.75. The van der Waals surface area contributed by atoms with Crippen molar-refractivity contribution in [1.29, 1.82) is 0 Å². The second-order valence-electron chi connectivity index (χ2n) is 4.50. The summed E-state index contributed by atoms with van der Waals surface area (Å²) in [6, 6.07) is 10.4. The number of anilines is 2. The van der Waals surface area contributed by atoms with Gasteiger partial charge in [0, 0.05) is 25.4 Å². The van der Waals surface area contributed by atoms with E-state index >= 15 is 0 Å². The first-order valence-corrected chi connectivity index (χ1v) is 6.26. The van der Waals surface area contributed by atoms with Crippen LogP contribution in [0.4, 0.5) is 11.8 Å². The van der Waals surface area contributed by atoms with Gasteiger partial charge in [0.25, 0.3) is 0 Å². The Kier molecular flexibility index (Phi) is 4.30. The van der Waals surface area contributed by atoms with E-state index in [1.54, 1.807) is 6.20 Å². The predicted molar refractivity (Wildman–Crippen MR) is 78.0 cm³/mol. The normalized spacial score (nSPS) is 10.3. The van der Waals surface area contributed by atoms with Crippen LogP contribution >= 0.6 is 0 Å². The van der Waals surface area contributed by atoms with Crippen LogP contribution in [0.3, 0.4) is 0 Å². The van der Waals surface area contributed by atoms with Gasteiger partial charge in [0.15, 0.2) is 0 Å². The molecule has 0 saturated heterocycles. The number of aryl methyl sites for hydroxylation is 1. The number of nitrogens with two attached hydrogens (primary N) is 1. The van der Waals surface area contributed by atoms with Crippen LogP contribution in [-0.4, -0.2) is 23.6 Å². The summed E-state index contributed by atoms with van der Waals surface area (Å²) >= 11 is 0. The van der Waals surface area contributed by atoms with Crippen molar-refractivity contribution in [3.8, 4) is 0 Å². The van der Waals surface area contributed by atoms with Crippen LogP contribution in [0.2, 0.25) is 0 Å². The largest absolute Gasteiger partial charge is 0.359 e. The van der Waals surface area contributed by atoms with Crippen LogP contribution < -0.4 is 16.2 Å². The number of hydrogen-bond acceptors (Lipinski definition) is 5. The molecule has 2 aromatic rings. The van der Waals surface area contributed by atoms with E-state index in [0.717, 1.165) is 24.3 Å². The van der Waals surface area contributed by atoms with Crippen molar-refractivity contribution in [2.24, 2.45) is 5.84 Å². The summed E-state index contributed by atoms with van der Waals surface area (Å²) < 4.78 is 0. The maximum Gasteiger partial charge on any atom is 0.239 e. The van der Waals surface area contributed by atoms with Crippen LogP contribution in [0.25, 0.3) is 0 Å². The Balaban J connectivity index is 2.05. The Morgan fingerprint density at radius 1 is 1.26 bits per heavy atom. The van der Waals surface area contributed by atoms with Crippen molar-refractivity contribution < 1.29 is 0 Å². The van der Waals surface area contributed by atoms with E-state index in [4.69, 9.17) is 5.84 Å². The molecule has 0 radical (unpaired) electrons. The summed E-state index contributed by atoms with van der Waals surface area (Å²) in [5, 5.41) is 0. The lowest BCUT2D eigenvalue weighted by molar-refractivity contribution is 0.850. The van der Waals surface area contributed by atoms with Crippen molar-refractivity contribution in [1.82, 2.24) is 9.97 Å². The third-order valence-electron chi connectivity index (χ3n) is 3.01. The topological polar surface area (TPSA) is 67.1 Å². The second-order valence-corrected chi connectivity index (χ2v) is 4.50. The first kappa shape index (κ1) is 13.3. The molecule has 1 heterocycles. The molecule has 0 spiro atoms. The Bertz CT molecular complexity index is 527. The summed E-state index contributed by atoms with van der Waals surface area (Å²) in [7, 11) is 2.03. The van der Waals surface area contributed by atoms with Gasteiger partial charge in [-0.3, -0.25) is 5.43 Å². The van der Waals surface area contributed by atoms with Crippen LogP contribution in [0.5, 0.6) is 0 Å². The summed E-state index contributed by atoms with van der Waals surface area (Å²) in [4.78, 5) is 10.6. The zero-order valence-electron chi connectivity index (χ0n) is 11.3. The number of aromatic nitrogens is 2. The minimum atomic E-state index is 0.437. The Hall–Kier alpha value is -2.14. The maximum atomic E-state index is 5.34. The first-order valence-electron chi connectivity index (χ1n) is 6.26. The molecular formula is C14H19N5. The standard InChI is InChI=1S/C14H19N5/c1-11-10-16-14(18-15)17-13(11)19(2)9-8-12-6-4-3-5-7-12/h3-7,10H,8-9,15H2,1-2H3,(H,16,17,18). The van der Waals surface area contributed by atoms with Gasteiger partial charge in [-0.05, 0) is 18.9 Å². The van der Waals surface area contributed by atoms with Crippen molar-refractivity contribution in [2.75, 3.05) is 23.9 Å². The van der Waals surface area contributed by atoms with Crippen molar-refractivity contribution in [3.63, 3.8) is 0 Å². The molecule has 0 atom stereocenters. The van der Waals surface area contributed by atoms with Gasteiger partial charge >= 0.3 is 0 Å². The average molecular weight is 257 g/mol. The monoisotopic (exact) mass is 257 g/mol. The fourth-order valence-electron chi connectivity index (χ4n) is 1.94. The van der Waals surface area contributed by atoms with E-state index < -0.39 is 0 Å². The molecule has 2 rings (SSSR count). The molecule has 0 fully saturated rings. The minimum Gasteiger partial charge on any atom is -0.359 e. The van der Waals surface area contributed by atoms with Gasteiger partial charge < -0.3 is 4.90 Å². The van der Waals surface area contributed by atoms with Gasteiger partial charge in [0.2, 0.25) is 5.95 Å². The fraction of sp³-hybridized carbons (Fsp3) is 0.286. The zero-order valence-corrected chi connectivity index (χ0v) is 11.3. The molecule has 3 N–H and O–H groups in total. The smallest absolute Gasteiger partial charge is 0.239 e. The number of nitrogen functional groups attached to an aromatic ring is 1. The second kappa shape index (κ2) is 6.15. The molecule has 0 unspecified atom stereocenters. The van der Waals surface area contributed by atoms with E-state index in [2.05, 4.69) is 44.6 Å². The lowest BCUT2D eigenvalue weighted by Gasteiger charge is -2.20. The van der Waals surface area contributed by atoms with E-state index in [1.165, 1.54) is 5.56 Å². The van der Waals surface area contributed by atoms with Crippen LogP contribution in [0.15, 0.2) is 36.5 Å². The molecule has 5 heteroatoms. The first-order chi connectivity index (χ1) is 9.20. The molecule has 1 aromatic carbocycles. The number of rotatable bonds is 5. The van der Waals surface area contributed by atoms with Crippen LogP contribution in [-0.2, 0) is 6.42 Å². The zero-order chi connectivity index (χ0) is 13.7. The van der Waals surface area contributed by atoms with E-state index in [0.29, 0.717) is 5.95 Å². The lowest BCUT2D eigenvalue weighted by Crippen LogP contribution is -2.23. The number of hydrogen-bond donors (Lipinski definition) is 2. The van der Waals surface area contributed by atoms with Crippen molar-refractivity contribution in [3.05, 3.63) is 47.7 Å². The molecule has 19 heavy (non-hydrogen) atoms. The third-order valence-corrected chi connectivity index (χ3v) is 3.01. The summed E-state index contributed by atoms with van der Waals surface area (Å²) in [6.45, 7) is 2.89. The van der Waals surface area contributed by atoms with Gasteiger partial charge in [-0.2, -0.15) is 4.98 Å². The lowest BCUT2D eigenvalue weighted by atomic mass is 10.1. The highest BCUT2D eigenvalue weighted by Gasteiger charge is 2.08. The minimum absolute atomic E-state index is 0.437. The van der Waals surface area contributed by atoms with Gasteiger partial charge in [0.05, 0.1) is 0 Å². The van der Waals surface area contributed by atoms with Gasteiger partial charge in [-0.15, -0.1) is 0 Å². The molecule has 1 aromatic heterocycles. The molecule has 0 bridgehead atoms. The quantitative estimate of drug-likeness (QED) is 0.631. The van der Waals surface area contributed by atoms with Gasteiger partial charge in [-0.25, -0.2) is 10.8 Å². The van der Waals surface area contributed by atoms with Crippen LogP contribution in [0.1, 0.15) is 11.1 Å². The Morgan fingerprint density at radius 2 is 2.00 bits per heavy atom. The number of hydrazine groups is 1. The molecule has 0 amide bonds. The van der Waals surface area contributed by atoms with Crippen molar-refractivity contribution in [2.45, 2.75) is 13.3 Å². The molecule has 0 saturated carbocycles. The molecule has 0 aliphatic carbocycles. The Morgan fingerprint density at radius 3 is 2.68 bits per heavy atom. The molecular weight excluding hydrogens is 238 g/mol. The van der Waals surface area contributed by atoms with Crippen molar-refractivity contribution >= 4 is 11.8 Å². The molecule has 0 aliphatic rings. The number of nitrogens with one attached hydrogen (secondary N) is 1. The molecule has 5 nitrogen and oxygen atoms in total. The molecule has 0 aliphatic heterocycles. The average Bonchev–Trinajstić information content (AvgIpc) is 2.46. The number of benzene rings is 1. The van der Waals surface area contributed by atoms with Gasteiger partial charge in [0.1, 0.15) is 5.82 Å². The maximum absolute atomic E-state index is 5.34.